The van der Waals surface area contributed by atoms with Gasteiger partial charge in [-0.25, -0.2) is 9.59 Å². The number of ether oxygens (including phenoxy) is 2. The van der Waals surface area contributed by atoms with Crippen LogP contribution in [0.2, 0.25) is 0 Å². The molecule has 1 amide bonds. The zero-order chi connectivity index (χ0) is 13.9. The van der Waals surface area contributed by atoms with Crippen molar-refractivity contribution in [3.63, 3.8) is 0 Å². The van der Waals surface area contributed by atoms with E-state index in [0.29, 0.717) is 0 Å². The first kappa shape index (κ1) is 14.3. The molecule has 1 rings (SSSR count). The molecule has 0 aliphatic carbocycles. The molecule has 7 nitrogen and oxygen atoms in total. The monoisotopic (exact) mass is 259 g/mol. The van der Waals surface area contributed by atoms with Gasteiger partial charge >= 0.3 is 18.0 Å². The summed E-state index contributed by atoms with van der Waals surface area (Å²) in [6.45, 7) is 4.92. The van der Waals surface area contributed by atoms with Gasteiger partial charge in [0.05, 0.1) is 0 Å². The Morgan fingerprint density at radius 3 is 2.61 bits per heavy atom. The minimum atomic E-state index is -1.03. The molecule has 0 bridgehead atoms. The van der Waals surface area contributed by atoms with Gasteiger partial charge in [0.2, 0.25) is 0 Å². The van der Waals surface area contributed by atoms with Crippen LogP contribution < -0.4 is 0 Å². The molecule has 1 N–H and O–H groups in total. The summed E-state index contributed by atoms with van der Waals surface area (Å²) in [7, 11) is 0. The summed E-state index contributed by atoms with van der Waals surface area (Å²) in [4.78, 5) is 34.8. The first-order valence-corrected chi connectivity index (χ1v) is 5.59. The number of hydrogen-bond acceptors (Lipinski definition) is 5. The average Bonchev–Trinajstić information content (AvgIpc) is 2.54. The molecule has 7 heteroatoms. The molecule has 0 spiro atoms. The fraction of sp³-hybridized carbons (Fsp3) is 0.727. The number of aliphatic carboxylic acids is 1. The summed E-state index contributed by atoms with van der Waals surface area (Å²) in [5.41, 5.74) is -0.680. The van der Waals surface area contributed by atoms with Gasteiger partial charge in [0, 0.05) is 6.42 Å². The lowest BCUT2D eigenvalue weighted by Crippen LogP contribution is -2.41. The lowest BCUT2D eigenvalue weighted by Gasteiger charge is -2.25. The predicted octanol–water partition coefficient (Wildman–Crippen LogP) is 0.971. The van der Waals surface area contributed by atoms with Crippen molar-refractivity contribution in [1.82, 2.24) is 4.90 Å². The summed E-state index contributed by atoms with van der Waals surface area (Å²) in [5, 5.41) is 8.58. The molecular formula is C11H17NO6. The fourth-order valence-electron chi connectivity index (χ4n) is 1.48. The summed E-state index contributed by atoms with van der Waals surface area (Å²) >= 11 is 0. The number of esters is 1. The van der Waals surface area contributed by atoms with E-state index in [2.05, 4.69) is 0 Å². The maximum Gasteiger partial charge on any atom is 0.413 e. The highest BCUT2D eigenvalue weighted by atomic mass is 16.6. The predicted molar refractivity (Wildman–Crippen MR) is 59.7 cm³/mol. The highest BCUT2D eigenvalue weighted by Crippen LogP contribution is 2.20. The van der Waals surface area contributed by atoms with Gasteiger partial charge in [0.1, 0.15) is 11.6 Å². The van der Waals surface area contributed by atoms with Gasteiger partial charge < -0.3 is 14.6 Å². The highest BCUT2D eigenvalue weighted by Gasteiger charge is 2.39. The Bertz CT molecular complexity index is 359. The number of cyclic esters (lactones) is 1. The molecule has 1 aliphatic rings. The van der Waals surface area contributed by atoms with Crippen LogP contribution in [0, 0.1) is 0 Å². The van der Waals surface area contributed by atoms with E-state index in [4.69, 9.17) is 14.6 Å². The molecule has 0 aromatic rings. The Balaban J connectivity index is 2.65. The third-order valence-electron chi connectivity index (χ3n) is 2.25. The number of amides is 1. The summed E-state index contributed by atoms with van der Waals surface area (Å²) in [6, 6.07) is -0.879. The molecule has 0 aromatic heterocycles. The molecule has 0 unspecified atom stereocenters. The molecule has 18 heavy (non-hydrogen) atoms. The van der Waals surface area contributed by atoms with Crippen molar-refractivity contribution < 1.29 is 29.0 Å². The van der Waals surface area contributed by atoms with Crippen LogP contribution in [0.15, 0.2) is 0 Å². The van der Waals surface area contributed by atoms with E-state index in [1.54, 1.807) is 20.8 Å². The van der Waals surface area contributed by atoms with Crippen molar-refractivity contribution in [3.05, 3.63) is 0 Å². The van der Waals surface area contributed by atoms with Gasteiger partial charge in [-0.05, 0) is 27.2 Å². The molecule has 0 aromatic carbocycles. The first-order chi connectivity index (χ1) is 8.20. The molecule has 0 saturated carbocycles. The fourth-order valence-corrected chi connectivity index (χ4v) is 1.48. The Morgan fingerprint density at radius 1 is 1.50 bits per heavy atom. The maximum absolute atomic E-state index is 11.8. The normalized spacial score (nSPS) is 19.6. The van der Waals surface area contributed by atoms with Gasteiger partial charge in [-0.2, -0.15) is 0 Å². The van der Waals surface area contributed by atoms with E-state index >= 15 is 0 Å². The zero-order valence-corrected chi connectivity index (χ0v) is 10.6. The van der Waals surface area contributed by atoms with Crippen molar-refractivity contribution in [2.75, 3.05) is 6.73 Å². The standard InChI is InChI=1S/C11H17NO6/c1-11(2,3)18-10(16)12-6-17-9(15)7(12)4-5-8(13)14/h7H,4-6H2,1-3H3,(H,13,14)/t7-/m0/s1. The van der Waals surface area contributed by atoms with Crippen LogP contribution in [0.25, 0.3) is 0 Å². The minimum absolute atomic E-state index is 0.0212. The highest BCUT2D eigenvalue weighted by molar-refractivity contribution is 5.84. The van der Waals surface area contributed by atoms with Crippen LogP contribution in [0.5, 0.6) is 0 Å². The summed E-state index contributed by atoms with van der Waals surface area (Å²) in [6.07, 6.45) is -0.865. The molecule has 102 valence electrons. The van der Waals surface area contributed by atoms with E-state index < -0.39 is 29.7 Å². The first-order valence-electron chi connectivity index (χ1n) is 5.59. The van der Waals surface area contributed by atoms with Crippen molar-refractivity contribution in [1.29, 1.82) is 0 Å². The van der Waals surface area contributed by atoms with Gasteiger partial charge in [0.15, 0.2) is 6.73 Å². The van der Waals surface area contributed by atoms with Crippen molar-refractivity contribution in [2.45, 2.75) is 45.3 Å². The Morgan fingerprint density at radius 2 is 2.11 bits per heavy atom. The van der Waals surface area contributed by atoms with Crippen LogP contribution in [0.3, 0.4) is 0 Å². The number of rotatable bonds is 3. The minimum Gasteiger partial charge on any atom is -0.481 e. The molecule has 1 fully saturated rings. The number of carboxylic acid groups (broad SMARTS) is 1. The van der Waals surface area contributed by atoms with Crippen molar-refractivity contribution >= 4 is 18.0 Å². The SMILES string of the molecule is CC(C)(C)OC(=O)N1COC(=O)[C@@H]1CCC(=O)O. The quantitative estimate of drug-likeness (QED) is 0.759. The summed E-state index contributed by atoms with van der Waals surface area (Å²) < 4.78 is 9.85. The third-order valence-corrected chi connectivity index (χ3v) is 2.25. The van der Waals surface area contributed by atoms with Crippen LogP contribution in [-0.4, -0.2) is 46.4 Å². The van der Waals surface area contributed by atoms with Gasteiger partial charge in [-0.3, -0.25) is 9.69 Å². The number of carbonyl (C=O) groups is 3. The Hall–Kier alpha value is -1.79. The molecule has 1 heterocycles. The smallest absolute Gasteiger partial charge is 0.413 e. The maximum atomic E-state index is 11.8. The topological polar surface area (TPSA) is 93.1 Å². The Labute approximate surface area is 105 Å². The molecule has 0 radical (unpaired) electrons. The number of nitrogens with zero attached hydrogens (tertiary/aromatic N) is 1. The molecule has 1 saturated heterocycles. The Kier molecular flexibility index (Phi) is 4.15. The van der Waals surface area contributed by atoms with Gasteiger partial charge in [0.25, 0.3) is 0 Å². The molecule has 1 atom stereocenters. The largest absolute Gasteiger partial charge is 0.481 e. The summed E-state index contributed by atoms with van der Waals surface area (Å²) in [5.74, 6) is -1.62. The molecule has 1 aliphatic heterocycles. The second-order valence-electron chi connectivity index (χ2n) is 4.99. The average molecular weight is 259 g/mol. The van der Waals surface area contributed by atoms with E-state index in [1.165, 1.54) is 0 Å². The second kappa shape index (κ2) is 5.24. The van der Waals surface area contributed by atoms with Gasteiger partial charge in [-0.15, -0.1) is 0 Å². The number of carboxylic acids is 1. The van der Waals surface area contributed by atoms with Crippen LogP contribution >= 0.6 is 0 Å². The lowest BCUT2D eigenvalue weighted by molar-refractivity contribution is -0.140. The van der Waals surface area contributed by atoms with Crippen LogP contribution in [0.4, 0.5) is 4.79 Å². The van der Waals surface area contributed by atoms with Crippen LogP contribution in [0.1, 0.15) is 33.6 Å². The lowest BCUT2D eigenvalue weighted by atomic mass is 10.1. The van der Waals surface area contributed by atoms with Crippen molar-refractivity contribution in [2.24, 2.45) is 0 Å². The van der Waals surface area contributed by atoms with E-state index in [0.717, 1.165) is 4.90 Å². The molecular weight excluding hydrogens is 242 g/mol. The number of hydrogen-bond donors (Lipinski definition) is 1. The van der Waals surface area contributed by atoms with E-state index in [9.17, 15) is 14.4 Å². The number of carbonyl (C=O) groups excluding carboxylic acids is 2. The van der Waals surface area contributed by atoms with Gasteiger partial charge in [-0.1, -0.05) is 0 Å². The van der Waals surface area contributed by atoms with E-state index in [1.807, 2.05) is 0 Å². The zero-order valence-electron chi connectivity index (χ0n) is 10.6. The van der Waals surface area contributed by atoms with E-state index in [-0.39, 0.29) is 19.6 Å². The second-order valence-corrected chi connectivity index (χ2v) is 4.99. The third kappa shape index (κ3) is 3.90. The van der Waals surface area contributed by atoms with Crippen LogP contribution in [-0.2, 0) is 19.1 Å². The van der Waals surface area contributed by atoms with Crippen molar-refractivity contribution in [3.8, 4) is 0 Å².